The molecule has 0 bridgehead atoms. The highest BCUT2D eigenvalue weighted by Crippen LogP contribution is 2.40. The van der Waals surface area contributed by atoms with Gasteiger partial charge in [-0.15, -0.1) is 0 Å². The van der Waals surface area contributed by atoms with E-state index in [9.17, 15) is 5.11 Å². The summed E-state index contributed by atoms with van der Waals surface area (Å²) in [6, 6.07) is 20.9. The molecule has 160 valence electrons. The molecule has 1 aliphatic rings. The van der Waals surface area contributed by atoms with E-state index in [2.05, 4.69) is 5.32 Å². The number of phenols is 1. The van der Waals surface area contributed by atoms with Gasteiger partial charge in [-0.2, -0.15) is 0 Å². The highest BCUT2D eigenvalue weighted by atomic mass is 35.5. The van der Waals surface area contributed by atoms with E-state index in [1.54, 1.807) is 13.2 Å². The molecule has 31 heavy (non-hydrogen) atoms. The maximum absolute atomic E-state index is 10.9. The van der Waals surface area contributed by atoms with Crippen molar-refractivity contribution in [2.45, 2.75) is 25.6 Å². The topological polar surface area (TPSA) is 63.1 Å². The molecule has 3 aromatic rings. The number of halogens is 1. The Morgan fingerprint density at radius 3 is 2.45 bits per heavy atom. The Balaban J connectivity index is 1.78. The number of hydrogen-bond acceptors (Lipinski definition) is 5. The third kappa shape index (κ3) is 4.53. The van der Waals surface area contributed by atoms with E-state index in [1.165, 1.54) is 0 Å². The van der Waals surface area contributed by atoms with Crippen LogP contribution in [0.1, 0.15) is 42.2 Å². The number of rotatable bonds is 6. The Morgan fingerprint density at radius 2 is 1.71 bits per heavy atom. The molecule has 5 nitrogen and oxygen atoms in total. The van der Waals surface area contributed by atoms with Gasteiger partial charge in [-0.1, -0.05) is 54.1 Å². The van der Waals surface area contributed by atoms with Crippen molar-refractivity contribution in [2.24, 2.45) is 4.99 Å². The molecule has 3 aromatic carbocycles. The monoisotopic (exact) mass is 436 g/mol. The first-order valence-corrected chi connectivity index (χ1v) is 10.6. The molecule has 0 saturated heterocycles. The molecule has 0 spiro atoms. The Labute approximate surface area is 187 Å². The second-order valence-corrected chi connectivity index (χ2v) is 7.71. The summed E-state index contributed by atoms with van der Waals surface area (Å²) in [5.74, 6) is 1.39. The number of aromatic hydroxyl groups is 1. The van der Waals surface area contributed by atoms with E-state index in [-0.39, 0.29) is 18.0 Å². The number of nitrogens with zero attached hydrogens (tertiary/aromatic N) is 1. The number of aliphatic imine (C=N–C) groups is 1. The van der Waals surface area contributed by atoms with Crippen molar-refractivity contribution < 1.29 is 14.6 Å². The lowest BCUT2D eigenvalue weighted by Crippen LogP contribution is -2.33. The molecule has 6 heteroatoms. The summed E-state index contributed by atoms with van der Waals surface area (Å²) in [4.78, 5) is 4.99. The lowest BCUT2D eigenvalue weighted by Gasteiger charge is -2.31. The van der Waals surface area contributed by atoms with Gasteiger partial charge in [0.25, 0.3) is 0 Å². The normalized spacial score (nSPS) is 18.4. The summed E-state index contributed by atoms with van der Waals surface area (Å²) in [5.41, 5.74) is 3.63. The second-order valence-electron chi connectivity index (χ2n) is 7.28. The van der Waals surface area contributed by atoms with Crippen molar-refractivity contribution in [1.82, 2.24) is 5.32 Å². The lowest BCUT2D eigenvalue weighted by molar-refractivity contribution is 0.313. The molecule has 0 aliphatic carbocycles. The first-order valence-electron chi connectivity index (χ1n) is 10.3. The Kier molecular flexibility index (Phi) is 6.44. The van der Waals surface area contributed by atoms with Crippen LogP contribution in [0.15, 0.2) is 71.7 Å². The first kappa shape index (κ1) is 21.2. The number of phenolic OH excluding ortho intramolecular Hbond substituents is 1. The molecule has 0 amide bonds. The van der Waals surface area contributed by atoms with E-state index < -0.39 is 0 Å². The van der Waals surface area contributed by atoms with Crippen molar-refractivity contribution >= 4 is 17.3 Å². The van der Waals surface area contributed by atoms with Gasteiger partial charge in [-0.3, -0.25) is 10.3 Å². The van der Waals surface area contributed by atoms with Crippen LogP contribution in [-0.2, 0) is 0 Å². The number of methoxy groups -OCH3 is 1. The molecular formula is C25H25ClN2O3. The minimum atomic E-state index is -0.337. The van der Waals surface area contributed by atoms with Gasteiger partial charge in [-0.05, 0) is 36.8 Å². The molecule has 0 radical (unpaired) electrons. The molecule has 0 unspecified atom stereocenters. The fourth-order valence-corrected chi connectivity index (χ4v) is 3.99. The van der Waals surface area contributed by atoms with Gasteiger partial charge in [0.05, 0.1) is 13.7 Å². The third-order valence-electron chi connectivity index (χ3n) is 5.36. The van der Waals surface area contributed by atoms with Gasteiger partial charge in [-0.25, -0.2) is 0 Å². The number of ether oxygens (including phenoxy) is 2. The van der Waals surface area contributed by atoms with Crippen LogP contribution in [0.3, 0.4) is 0 Å². The van der Waals surface area contributed by atoms with Crippen molar-refractivity contribution in [3.63, 3.8) is 0 Å². The Morgan fingerprint density at radius 1 is 1.00 bits per heavy atom. The lowest BCUT2D eigenvalue weighted by atomic mass is 9.93. The number of benzene rings is 3. The van der Waals surface area contributed by atoms with Crippen LogP contribution in [0.25, 0.3) is 0 Å². The quantitative estimate of drug-likeness (QED) is 0.522. The molecule has 0 fully saturated rings. The van der Waals surface area contributed by atoms with Crippen LogP contribution in [0.5, 0.6) is 17.2 Å². The van der Waals surface area contributed by atoms with Crippen molar-refractivity contribution in [3.8, 4) is 17.2 Å². The molecule has 1 aliphatic heterocycles. The minimum Gasteiger partial charge on any atom is -0.504 e. The van der Waals surface area contributed by atoms with Crippen LogP contribution in [-0.4, -0.2) is 24.5 Å². The smallest absolute Gasteiger partial charge is 0.162 e. The third-order valence-corrected chi connectivity index (χ3v) is 5.61. The molecule has 0 saturated carbocycles. The maximum Gasteiger partial charge on any atom is 0.162 e. The summed E-state index contributed by atoms with van der Waals surface area (Å²) in [7, 11) is 1.65. The fraction of sp³-hybridized carbons (Fsp3) is 0.240. The zero-order valence-corrected chi connectivity index (χ0v) is 18.3. The molecule has 2 N–H and O–H groups in total. The van der Waals surface area contributed by atoms with Crippen LogP contribution in [0, 0.1) is 0 Å². The fourth-order valence-electron chi connectivity index (χ4n) is 3.87. The summed E-state index contributed by atoms with van der Waals surface area (Å²) in [6.45, 7) is 2.38. The summed E-state index contributed by atoms with van der Waals surface area (Å²) in [6.07, 6.45) is 0.270. The van der Waals surface area contributed by atoms with E-state index in [1.807, 2.05) is 67.6 Å². The van der Waals surface area contributed by atoms with Gasteiger partial charge in [0.15, 0.2) is 11.5 Å². The minimum absolute atomic E-state index is 0.151. The SMILES string of the molecule is CCOc1cccc([C@H]2CC(c3ccc(Cl)cc3)=N[C@@H](c3ccccc3OC)N2)c1O. The van der Waals surface area contributed by atoms with Gasteiger partial charge < -0.3 is 14.6 Å². The van der Waals surface area contributed by atoms with Gasteiger partial charge in [0.2, 0.25) is 0 Å². The summed E-state index contributed by atoms with van der Waals surface area (Å²) >= 11 is 6.09. The molecule has 4 rings (SSSR count). The predicted molar refractivity (Wildman–Crippen MR) is 123 cm³/mol. The van der Waals surface area contributed by atoms with Crippen molar-refractivity contribution in [3.05, 3.63) is 88.4 Å². The molecule has 2 atom stereocenters. The van der Waals surface area contributed by atoms with Crippen LogP contribution in [0.2, 0.25) is 5.02 Å². The highest BCUT2D eigenvalue weighted by Gasteiger charge is 2.29. The average molecular weight is 437 g/mol. The number of para-hydroxylation sites is 2. The predicted octanol–water partition coefficient (Wildman–Crippen LogP) is 5.68. The maximum atomic E-state index is 10.9. The van der Waals surface area contributed by atoms with E-state index in [0.29, 0.717) is 23.8 Å². The number of nitrogens with one attached hydrogen (secondary N) is 1. The average Bonchev–Trinajstić information content (AvgIpc) is 2.80. The Hall–Kier alpha value is -3.02. The van der Waals surface area contributed by atoms with Crippen LogP contribution < -0.4 is 14.8 Å². The van der Waals surface area contributed by atoms with E-state index in [0.717, 1.165) is 28.2 Å². The molecule has 0 aromatic heterocycles. The van der Waals surface area contributed by atoms with E-state index >= 15 is 0 Å². The molecular weight excluding hydrogens is 412 g/mol. The summed E-state index contributed by atoms with van der Waals surface area (Å²) in [5, 5.41) is 15.1. The van der Waals surface area contributed by atoms with E-state index in [4.69, 9.17) is 26.1 Å². The first-order chi connectivity index (χ1) is 15.1. The second kappa shape index (κ2) is 9.41. The highest BCUT2D eigenvalue weighted by molar-refractivity contribution is 6.30. The largest absolute Gasteiger partial charge is 0.504 e. The summed E-state index contributed by atoms with van der Waals surface area (Å²) < 4.78 is 11.2. The van der Waals surface area contributed by atoms with Gasteiger partial charge >= 0.3 is 0 Å². The van der Waals surface area contributed by atoms with Gasteiger partial charge in [0, 0.05) is 34.3 Å². The van der Waals surface area contributed by atoms with Crippen molar-refractivity contribution in [1.29, 1.82) is 0 Å². The van der Waals surface area contributed by atoms with Crippen molar-refractivity contribution in [2.75, 3.05) is 13.7 Å². The zero-order valence-electron chi connectivity index (χ0n) is 17.5. The number of hydrogen-bond donors (Lipinski definition) is 2. The molecule has 1 heterocycles. The van der Waals surface area contributed by atoms with Gasteiger partial charge in [0.1, 0.15) is 11.9 Å². The van der Waals surface area contributed by atoms with Crippen LogP contribution in [0.4, 0.5) is 0 Å². The zero-order chi connectivity index (χ0) is 21.8. The standard InChI is InChI=1S/C25H25ClN2O3/c1-3-31-23-10-6-8-18(24(23)29)21-15-20(16-11-13-17(26)14-12-16)27-25(28-21)19-7-4-5-9-22(19)30-2/h4-14,21,25,28-29H,3,15H2,1-2H3/t21-,25-/m1/s1. The van der Waals surface area contributed by atoms with Crippen LogP contribution >= 0.6 is 11.6 Å². The Bertz CT molecular complexity index is 1080.